The fourth-order valence-corrected chi connectivity index (χ4v) is 3.96. The Bertz CT molecular complexity index is 953. The summed E-state index contributed by atoms with van der Waals surface area (Å²) in [5.74, 6) is -0.125. The van der Waals surface area contributed by atoms with Gasteiger partial charge in [-0.1, -0.05) is 0 Å². The van der Waals surface area contributed by atoms with Gasteiger partial charge in [0, 0.05) is 18.2 Å². The van der Waals surface area contributed by atoms with E-state index in [1.54, 1.807) is 38.3 Å². The van der Waals surface area contributed by atoms with Crippen LogP contribution in [0, 0.1) is 0 Å². The van der Waals surface area contributed by atoms with Gasteiger partial charge in [-0.25, -0.2) is 9.78 Å². The van der Waals surface area contributed by atoms with Crippen LogP contribution >= 0.6 is 11.8 Å². The Morgan fingerprint density at radius 2 is 1.84 bits per heavy atom. The zero-order chi connectivity index (χ0) is 22.3. The van der Waals surface area contributed by atoms with Gasteiger partial charge in [-0.2, -0.15) is 0 Å². The van der Waals surface area contributed by atoms with E-state index in [2.05, 4.69) is 9.98 Å². The number of rotatable bonds is 12. The maximum absolute atomic E-state index is 11.4. The molecule has 2 N–H and O–H groups in total. The van der Waals surface area contributed by atoms with Crippen LogP contribution in [0.4, 0.5) is 0 Å². The summed E-state index contributed by atoms with van der Waals surface area (Å²) in [4.78, 5) is 20.1. The van der Waals surface area contributed by atoms with Crippen LogP contribution in [0.15, 0.2) is 29.3 Å². The third kappa shape index (κ3) is 6.07. The number of aliphatic imine (C=N–C) groups is 1. The van der Waals surface area contributed by atoms with Gasteiger partial charge in [0.25, 0.3) is 0 Å². The molecule has 1 aliphatic heterocycles. The van der Waals surface area contributed by atoms with Crippen molar-refractivity contribution in [2.45, 2.75) is 12.5 Å². The Balaban J connectivity index is 1.56. The first-order chi connectivity index (χ1) is 14.9. The molecule has 9 nitrogen and oxygen atoms in total. The highest BCUT2D eigenvalue weighted by molar-refractivity contribution is 8.14. The number of hydrogen-bond acceptors (Lipinski definition) is 9. The lowest BCUT2D eigenvalue weighted by Crippen LogP contribution is -2.33. The molecule has 0 aliphatic carbocycles. The summed E-state index contributed by atoms with van der Waals surface area (Å²) < 4.78 is 21.3. The molecule has 3 rings (SSSR count). The number of pyridine rings is 1. The van der Waals surface area contributed by atoms with Gasteiger partial charge in [-0.15, -0.1) is 11.8 Å². The molecule has 10 heteroatoms. The first-order valence-electron chi connectivity index (χ1n) is 9.80. The highest BCUT2D eigenvalue weighted by Gasteiger charge is 2.39. The predicted octanol–water partition coefficient (Wildman–Crippen LogP) is 2.34. The second kappa shape index (κ2) is 10.8. The molecule has 0 saturated heterocycles. The molecule has 2 aromatic rings. The summed E-state index contributed by atoms with van der Waals surface area (Å²) in [6, 6.07) is 6.94. The third-order valence-corrected chi connectivity index (χ3v) is 5.83. The summed E-state index contributed by atoms with van der Waals surface area (Å²) in [7, 11) is 1.63. The molecular weight excluding hydrogens is 424 g/mol. The number of nitrogens with zero attached hydrogens (tertiary/aromatic N) is 2. The molecule has 0 radical (unpaired) electrons. The fraction of sp³-hybridized carbons (Fsp3) is 0.476. The minimum Gasteiger partial charge on any atom is -0.506 e. The van der Waals surface area contributed by atoms with Gasteiger partial charge in [0.1, 0.15) is 28.8 Å². The zero-order valence-electron chi connectivity index (χ0n) is 17.5. The number of aliphatic carboxylic acids is 1. The predicted molar refractivity (Wildman–Crippen MR) is 117 cm³/mol. The highest BCUT2D eigenvalue weighted by Crippen LogP contribution is 2.35. The van der Waals surface area contributed by atoms with Crippen LogP contribution in [-0.4, -0.2) is 84.3 Å². The largest absolute Gasteiger partial charge is 0.506 e. The summed E-state index contributed by atoms with van der Waals surface area (Å²) >= 11 is 1.27. The lowest BCUT2D eigenvalue weighted by molar-refractivity contribution is -0.141. The highest BCUT2D eigenvalue weighted by atomic mass is 32.2. The van der Waals surface area contributed by atoms with Gasteiger partial charge in [-0.05, 0) is 31.2 Å². The van der Waals surface area contributed by atoms with E-state index in [0.29, 0.717) is 67.1 Å². The van der Waals surface area contributed by atoms with Crippen molar-refractivity contribution in [3.8, 4) is 11.5 Å². The number of carbonyl (C=O) groups is 1. The molecular formula is C21H26N2O7S. The molecule has 1 aliphatic rings. The zero-order valence-corrected chi connectivity index (χ0v) is 18.3. The van der Waals surface area contributed by atoms with Crippen molar-refractivity contribution in [1.29, 1.82) is 0 Å². The van der Waals surface area contributed by atoms with Crippen LogP contribution in [0.1, 0.15) is 12.6 Å². The van der Waals surface area contributed by atoms with E-state index in [1.807, 2.05) is 0 Å². The van der Waals surface area contributed by atoms with Gasteiger partial charge in [-0.3, -0.25) is 4.99 Å². The van der Waals surface area contributed by atoms with Crippen molar-refractivity contribution in [1.82, 2.24) is 4.98 Å². The molecule has 0 unspecified atom stereocenters. The normalized spacial score (nSPS) is 18.3. The number of benzene rings is 1. The van der Waals surface area contributed by atoms with Gasteiger partial charge in [0.2, 0.25) is 0 Å². The Morgan fingerprint density at radius 3 is 2.52 bits per heavy atom. The Labute approximate surface area is 184 Å². The van der Waals surface area contributed by atoms with Crippen LogP contribution in [0.2, 0.25) is 0 Å². The van der Waals surface area contributed by atoms with Gasteiger partial charge >= 0.3 is 5.97 Å². The van der Waals surface area contributed by atoms with Crippen molar-refractivity contribution >= 4 is 33.7 Å². The number of carboxylic acid groups (broad SMARTS) is 1. The summed E-state index contributed by atoms with van der Waals surface area (Å²) in [6.45, 7) is 4.44. The summed E-state index contributed by atoms with van der Waals surface area (Å²) in [5, 5.41) is 20.9. The molecule has 0 fully saturated rings. The topological polar surface area (TPSA) is 120 Å². The number of aromatic hydroxyl groups is 1. The van der Waals surface area contributed by atoms with E-state index >= 15 is 0 Å². The first-order valence-corrected chi connectivity index (χ1v) is 10.8. The van der Waals surface area contributed by atoms with Crippen LogP contribution in [0.5, 0.6) is 11.5 Å². The van der Waals surface area contributed by atoms with Crippen molar-refractivity contribution in [2.24, 2.45) is 4.99 Å². The number of fused-ring (bicyclic) bond motifs is 1. The number of carboxylic acids is 1. The smallest absolute Gasteiger partial charge is 0.332 e. The summed E-state index contributed by atoms with van der Waals surface area (Å²) in [5.41, 5.74) is -0.270. The minimum atomic E-state index is -1.21. The molecule has 31 heavy (non-hydrogen) atoms. The molecule has 1 atom stereocenters. The van der Waals surface area contributed by atoms with E-state index in [-0.39, 0.29) is 11.4 Å². The quantitative estimate of drug-likeness (QED) is 0.470. The molecule has 1 aromatic carbocycles. The van der Waals surface area contributed by atoms with Crippen LogP contribution in [0.25, 0.3) is 10.9 Å². The number of aromatic nitrogens is 1. The van der Waals surface area contributed by atoms with Crippen molar-refractivity contribution in [2.75, 3.05) is 52.5 Å². The monoisotopic (exact) mass is 450 g/mol. The van der Waals surface area contributed by atoms with E-state index in [0.717, 1.165) is 0 Å². The standard InChI is InChI=1S/C21H26N2O7S/c1-21(20(25)26)13-31-19(23-21)18-17(24)12-14-11-15(3-4-16(14)22-18)30-10-9-29-8-7-28-6-5-27-2/h3-4,11-12,24H,5-10,13H2,1-2H3,(H,25,26)/t21-/m1/s1. The molecule has 0 bridgehead atoms. The molecule has 168 valence electrons. The lowest BCUT2D eigenvalue weighted by Gasteiger charge is -2.11. The Hall–Kier alpha value is -2.40. The van der Waals surface area contributed by atoms with E-state index in [9.17, 15) is 15.0 Å². The second-order valence-corrected chi connectivity index (χ2v) is 8.03. The Morgan fingerprint density at radius 1 is 1.13 bits per heavy atom. The third-order valence-electron chi connectivity index (χ3n) is 4.57. The van der Waals surface area contributed by atoms with Gasteiger partial charge < -0.3 is 29.2 Å². The molecule has 0 amide bonds. The van der Waals surface area contributed by atoms with Crippen LogP contribution in [-0.2, 0) is 19.0 Å². The minimum absolute atomic E-state index is 0.0534. The van der Waals surface area contributed by atoms with Gasteiger partial charge in [0.15, 0.2) is 5.54 Å². The number of thioether (sulfide) groups is 1. The molecule has 2 heterocycles. The second-order valence-electron chi connectivity index (χ2n) is 7.06. The van der Waals surface area contributed by atoms with E-state index < -0.39 is 11.5 Å². The van der Waals surface area contributed by atoms with Gasteiger partial charge in [0.05, 0.1) is 38.6 Å². The van der Waals surface area contributed by atoms with Crippen molar-refractivity contribution < 1.29 is 34.0 Å². The number of methoxy groups -OCH3 is 1. The summed E-state index contributed by atoms with van der Waals surface area (Å²) in [6.07, 6.45) is 0. The van der Waals surface area contributed by atoms with Crippen LogP contribution < -0.4 is 4.74 Å². The van der Waals surface area contributed by atoms with Crippen LogP contribution in [0.3, 0.4) is 0 Å². The van der Waals surface area contributed by atoms with Crippen molar-refractivity contribution in [3.63, 3.8) is 0 Å². The maximum atomic E-state index is 11.4. The number of hydrogen-bond donors (Lipinski definition) is 2. The molecule has 1 aromatic heterocycles. The lowest BCUT2D eigenvalue weighted by atomic mass is 10.1. The number of ether oxygens (including phenoxy) is 4. The molecule has 0 spiro atoms. The van der Waals surface area contributed by atoms with E-state index in [1.165, 1.54) is 11.8 Å². The SMILES string of the molecule is COCCOCCOCCOc1ccc2nc(C3=N[C@@](C)(C(=O)O)CS3)c(O)cc2c1. The fourth-order valence-electron chi connectivity index (χ4n) is 2.80. The maximum Gasteiger partial charge on any atom is 0.332 e. The average molecular weight is 451 g/mol. The van der Waals surface area contributed by atoms with E-state index in [4.69, 9.17) is 18.9 Å². The average Bonchev–Trinajstić information content (AvgIpc) is 3.15. The van der Waals surface area contributed by atoms with Crippen molar-refractivity contribution in [3.05, 3.63) is 30.0 Å². The first kappa shape index (κ1) is 23.3. The Kier molecular flexibility index (Phi) is 8.08. The molecule has 0 saturated carbocycles.